The number of carbonyl (C=O) groups excluding carboxylic acids is 1. The second kappa shape index (κ2) is 2.69. The minimum absolute atomic E-state index is 0.229. The normalized spacial score (nSPS) is 17.5. The van der Waals surface area contributed by atoms with Gasteiger partial charge in [-0.1, -0.05) is 6.90 Å². The summed E-state index contributed by atoms with van der Waals surface area (Å²) in [5.74, 6) is -0.639. The van der Waals surface area contributed by atoms with Gasteiger partial charge in [0.2, 0.25) is 0 Å². The maximum Gasteiger partial charge on any atom is 0.305 e. The van der Waals surface area contributed by atoms with Crippen molar-refractivity contribution in [1.29, 1.82) is 0 Å². The van der Waals surface area contributed by atoms with Gasteiger partial charge in [0.15, 0.2) is 0 Å². The summed E-state index contributed by atoms with van der Waals surface area (Å²) in [7, 11) is 1.21. The maximum absolute atomic E-state index is 10.2. The fraction of sp³-hybridized carbons (Fsp3) is 0.750. The first-order valence-electron chi connectivity index (χ1n) is 2.80. The molecule has 0 aromatic heterocycles. The first-order valence-corrected chi connectivity index (χ1v) is 1.51. The molecule has 0 radical (unpaired) electrons. The van der Waals surface area contributed by atoms with Gasteiger partial charge in [-0.15, -0.1) is 0 Å². The molecule has 0 rings (SSSR count). The smallest absolute Gasteiger partial charge is 0.305 e. The van der Waals surface area contributed by atoms with Crippen molar-refractivity contribution in [1.82, 2.24) is 0 Å². The maximum atomic E-state index is 10.2. The summed E-state index contributed by atoms with van der Waals surface area (Å²) in [5, 5.41) is 0. The van der Waals surface area contributed by atoms with Crippen molar-refractivity contribution in [2.45, 2.75) is 13.3 Å². The number of esters is 1. The Morgan fingerprint density at radius 1 is 2.33 bits per heavy atom. The molecule has 0 heterocycles. The van der Waals surface area contributed by atoms with E-state index in [2.05, 4.69) is 4.74 Å². The lowest BCUT2D eigenvalue weighted by atomic mass is 10.5. The molecule has 0 unspecified atom stereocenters. The third-order valence-corrected chi connectivity index (χ3v) is 0.368. The van der Waals surface area contributed by atoms with Crippen LogP contribution in [0.3, 0.4) is 0 Å². The third-order valence-electron chi connectivity index (χ3n) is 0.368. The molecule has 0 aliphatic heterocycles. The van der Waals surface area contributed by atoms with Crippen LogP contribution in [0.15, 0.2) is 0 Å². The Kier molecular flexibility index (Phi) is 1.17. The molecule has 0 bridgehead atoms. The summed E-state index contributed by atoms with van der Waals surface area (Å²) in [6, 6.07) is 0. The van der Waals surface area contributed by atoms with Gasteiger partial charge in [0.25, 0.3) is 0 Å². The van der Waals surface area contributed by atoms with E-state index in [0.717, 1.165) is 0 Å². The second-order valence-electron chi connectivity index (χ2n) is 0.727. The van der Waals surface area contributed by atoms with E-state index >= 15 is 0 Å². The molecule has 0 N–H and O–H groups in total. The van der Waals surface area contributed by atoms with Crippen molar-refractivity contribution in [2.75, 3.05) is 7.11 Å². The number of methoxy groups -OCH3 is 1. The van der Waals surface area contributed by atoms with Crippen LogP contribution >= 0.6 is 0 Å². The molecule has 1 atom stereocenters. The van der Waals surface area contributed by atoms with Crippen LogP contribution < -0.4 is 0 Å². The topological polar surface area (TPSA) is 26.3 Å². The zero-order valence-electron chi connectivity index (χ0n) is 5.60. The van der Waals surface area contributed by atoms with Crippen LogP contribution in [0.5, 0.6) is 0 Å². The quantitative estimate of drug-likeness (QED) is 0.440. The molecular formula is C4H8O2. The van der Waals surface area contributed by atoms with Gasteiger partial charge >= 0.3 is 5.97 Å². The Morgan fingerprint density at radius 2 is 3.00 bits per heavy atom. The Hall–Kier alpha value is -0.530. The molecule has 0 aliphatic carbocycles. The van der Waals surface area contributed by atoms with Crippen molar-refractivity contribution in [3.8, 4) is 0 Å². The fourth-order valence-corrected chi connectivity index (χ4v) is 0.0833. The summed E-state index contributed by atoms with van der Waals surface area (Å²) >= 11 is 0. The van der Waals surface area contributed by atoms with Crippen LogP contribution in [0.1, 0.15) is 16.0 Å². The first kappa shape index (κ1) is 2.61. The standard InChI is InChI=1S/C4H8O2/c1-3-4(5)6-2/h3H2,1-2H3/i1D,3D/t3-/m1/s1. The molecule has 0 aromatic rings. The Morgan fingerprint density at radius 3 is 3.17 bits per heavy atom. The van der Waals surface area contributed by atoms with Crippen molar-refractivity contribution in [2.24, 2.45) is 0 Å². The van der Waals surface area contributed by atoms with Crippen molar-refractivity contribution in [3.63, 3.8) is 0 Å². The molecule has 0 aliphatic rings. The highest BCUT2D eigenvalue weighted by Gasteiger charge is 1.87. The third kappa shape index (κ3) is 1.76. The lowest BCUT2D eigenvalue weighted by Gasteiger charge is -1.87. The largest absolute Gasteiger partial charge is 0.469 e. The summed E-state index contributed by atoms with van der Waals surface area (Å²) < 4.78 is 17.5. The van der Waals surface area contributed by atoms with Crippen LogP contribution in [0.2, 0.25) is 0 Å². The van der Waals surface area contributed by atoms with Gasteiger partial charge in [-0.3, -0.25) is 4.79 Å². The molecule has 0 aromatic carbocycles. The number of hydrogen-bond donors (Lipinski definition) is 0. The predicted octanol–water partition coefficient (Wildman–Crippen LogP) is 0.569. The lowest BCUT2D eigenvalue weighted by molar-refractivity contribution is -0.140. The van der Waals surface area contributed by atoms with Crippen LogP contribution in [0.25, 0.3) is 0 Å². The SMILES string of the molecule is [2H]C[C@@H]([2H])C(=O)OC. The Balaban J connectivity index is 3.46. The van der Waals surface area contributed by atoms with Crippen molar-refractivity contribution < 1.29 is 12.3 Å². The minimum atomic E-state index is -1.03. The van der Waals surface area contributed by atoms with Crippen molar-refractivity contribution in [3.05, 3.63) is 0 Å². The van der Waals surface area contributed by atoms with E-state index in [1.54, 1.807) is 0 Å². The predicted molar refractivity (Wildman–Crippen MR) is 22.3 cm³/mol. The molecular weight excluding hydrogens is 80.0 g/mol. The zero-order chi connectivity index (χ0) is 6.57. The average molecular weight is 90.1 g/mol. The molecule has 0 spiro atoms. The van der Waals surface area contributed by atoms with E-state index in [4.69, 9.17) is 2.74 Å². The molecule has 0 saturated carbocycles. The summed E-state index contributed by atoms with van der Waals surface area (Å²) in [4.78, 5) is 10.2. The summed E-state index contributed by atoms with van der Waals surface area (Å²) in [6.07, 6.45) is -1.03. The highest BCUT2D eigenvalue weighted by atomic mass is 16.5. The fourth-order valence-electron chi connectivity index (χ4n) is 0.0833. The van der Waals surface area contributed by atoms with E-state index in [0.29, 0.717) is 0 Å². The van der Waals surface area contributed by atoms with Crippen molar-refractivity contribution >= 4 is 5.97 Å². The molecule has 2 heteroatoms. The number of ether oxygens (including phenoxy) is 1. The average Bonchev–Trinajstić information content (AvgIpc) is 1.84. The van der Waals surface area contributed by atoms with E-state index in [1.165, 1.54) is 7.11 Å². The number of carbonyl (C=O) groups is 1. The van der Waals surface area contributed by atoms with Gasteiger partial charge in [-0.25, -0.2) is 0 Å². The minimum Gasteiger partial charge on any atom is -0.469 e. The Bertz CT molecular complexity index is 84.1. The van der Waals surface area contributed by atoms with Gasteiger partial charge in [0.05, 0.1) is 7.11 Å². The summed E-state index contributed by atoms with van der Waals surface area (Å²) in [5.41, 5.74) is 0. The lowest BCUT2D eigenvalue weighted by Crippen LogP contribution is -1.94. The van der Waals surface area contributed by atoms with E-state index in [1.807, 2.05) is 0 Å². The van der Waals surface area contributed by atoms with Gasteiger partial charge in [-0.2, -0.15) is 0 Å². The van der Waals surface area contributed by atoms with Gasteiger partial charge < -0.3 is 4.74 Å². The highest BCUT2D eigenvalue weighted by molar-refractivity contribution is 5.68. The molecule has 0 fully saturated rings. The molecule has 0 saturated heterocycles. The van der Waals surface area contributed by atoms with Crippen LogP contribution in [-0.2, 0) is 9.53 Å². The van der Waals surface area contributed by atoms with E-state index < -0.39 is 12.4 Å². The zero-order valence-corrected chi connectivity index (χ0v) is 3.60. The first-order chi connectivity index (χ1) is 3.72. The van der Waals surface area contributed by atoms with Gasteiger partial charge in [0.1, 0.15) is 0 Å². The van der Waals surface area contributed by atoms with Crippen LogP contribution in [0.4, 0.5) is 0 Å². The molecule has 6 heavy (non-hydrogen) atoms. The Labute approximate surface area is 39.9 Å². The van der Waals surface area contributed by atoms with Gasteiger partial charge in [-0.05, 0) is 0 Å². The van der Waals surface area contributed by atoms with Crippen LogP contribution in [0, 0.1) is 0 Å². The molecule has 2 nitrogen and oxygen atoms in total. The number of rotatable bonds is 1. The van der Waals surface area contributed by atoms with Crippen LogP contribution in [-0.4, -0.2) is 13.1 Å². The second-order valence-corrected chi connectivity index (χ2v) is 0.727. The van der Waals surface area contributed by atoms with Gasteiger partial charge in [0, 0.05) is 9.14 Å². The summed E-state index contributed by atoms with van der Waals surface area (Å²) in [6.45, 7) is -0.229. The number of hydrogen-bond acceptors (Lipinski definition) is 2. The van der Waals surface area contributed by atoms with E-state index in [9.17, 15) is 4.79 Å². The monoisotopic (exact) mass is 90.1 g/mol. The highest BCUT2D eigenvalue weighted by Crippen LogP contribution is 1.76. The van der Waals surface area contributed by atoms with E-state index in [-0.39, 0.29) is 6.90 Å². The molecule has 36 valence electrons. The molecule has 0 amide bonds.